The maximum atomic E-state index is 13.5. The van der Waals surface area contributed by atoms with Crippen LogP contribution in [0.15, 0.2) is 65.6 Å². The van der Waals surface area contributed by atoms with Crippen molar-refractivity contribution in [3.63, 3.8) is 0 Å². The van der Waals surface area contributed by atoms with Gasteiger partial charge in [0.15, 0.2) is 11.6 Å². The van der Waals surface area contributed by atoms with Crippen molar-refractivity contribution in [3.05, 3.63) is 72.0 Å². The second kappa shape index (κ2) is 7.37. The third kappa shape index (κ3) is 3.89. The van der Waals surface area contributed by atoms with Crippen LogP contribution in [0.1, 0.15) is 10.4 Å². The molecule has 0 spiro atoms. The summed E-state index contributed by atoms with van der Waals surface area (Å²) in [5.41, 5.74) is 1.78. The topological polar surface area (TPSA) is 89.8 Å². The molecule has 3 aromatic rings. The normalized spacial score (nSPS) is 10.5. The van der Waals surface area contributed by atoms with Gasteiger partial charge in [0.2, 0.25) is 0 Å². The molecule has 0 radical (unpaired) electrons. The maximum absolute atomic E-state index is 13.5. The smallest absolute Gasteiger partial charge is 0.339 e. The summed E-state index contributed by atoms with van der Waals surface area (Å²) in [4.78, 5) is 11.7. The van der Waals surface area contributed by atoms with Crippen molar-refractivity contribution in [2.45, 2.75) is 4.90 Å². The highest BCUT2D eigenvalue weighted by Gasteiger charge is 2.10. The first-order chi connectivity index (χ1) is 12.4. The van der Waals surface area contributed by atoms with Gasteiger partial charge in [-0.05, 0) is 59.5 Å². The Balaban J connectivity index is 1.76. The van der Waals surface area contributed by atoms with E-state index in [0.717, 1.165) is 10.5 Å². The molecule has 5 nitrogen and oxygen atoms in total. The Morgan fingerprint density at radius 1 is 0.923 bits per heavy atom. The maximum Gasteiger partial charge on any atom is 0.339 e. The molecule has 0 heterocycles. The van der Waals surface area contributed by atoms with Crippen molar-refractivity contribution in [2.24, 2.45) is 0 Å². The fourth-order valence-corrected chi connectivity index (χ4v) is 3.01. The molecule has 0 aliphatic heterocycles. The summed E-state index contributed by atoms with van der Waals surface area (Å²) in [6, 6.07) is 15.7. The molecule has 3 rings (SSSR count). The lowest BCUT2D eigenvalue weighted by molar-refractivity contribution is 0.0694. The van der Waals surface area contributed by atoms with Crippen molar-refractivity contribution in [2.75, 3.05) is 4.72 Å². The second-order valence-electron chi connectivity index (χ2n) is 5.44. The standard InChI is InChI=1S/C19H14FNO4S/c20-16-9-12(4-7-17(16)22)11-2-1-3-14(8-11)26-21-13-5-6-15(19(24)25)18(23)10-13/h1-10,21-23H,(H,24,25). The van der Waals surface area contributed by atoms with E-state index in [9.17, 15) is 19.4 Å². The van der Waals surface area contributed by atoms with E-state index >= 15 is 0 Å². The highest BCUT2D eigenvalue weighted by Crippen LogP contribution is 2.30. The van der Waals surface area contributed by atoms with Gasteiger partial charge in [-0.15, -0.1) is 0 Å². The van der Waals surface area contributed by atoms with E-state index in [0.29, 0.717) is 11.3 Å². The minimum atomic E-state index is -1.20. The zero-order valence-electron chi connectivity index (χ0n) is 13.3. The van der Waals surface area contributed by atoms with E-state index in [-0.39, 0.29) is 11.3 Å². The summed E-state index contributed by atoms with van der Waals surface area (Å²) in [6.07, 6.45) is 0. The number of carboxylic acid groups (broad SMARTS) is 1. The number of nitrogens with one attached hydrogen (secondary N) is 1. The first kappa shape index (κ1) is 17.6. The molecule has 3 aromatic carbocycles. The molecule has 0 aromatic heterocycles. The number of phenols is 2. The van der Waals surface area contributed by atoms with E-state index in [1.54, 1.807) is 12.1 Å². The number of rotatable bonds is 5. The van der Waals surface area contributed by atoms with Crippen LogP contribution < -0.4 is 4.72 Å². The van der Waals surface area contributed by atoms with Crippen LogP contribution in [-0.2, 0) is 0 Å². The lowest BCUT2D eigenvalue weighted by Crippen LogP contribution is -1.97. The molecule has 132 valence electrons. The number of hydrogen-bond acceptors (Lipinski definition) is 5. The Morgan fingerprint density at radius 2 is 1.69 bits per heavy atom. The molecule has 7 heteroatoms. The van der Waals surface area contributed by atoms with E-state index in [4.69, 9.17) is 5.11 Å². The van der Waals surface area contributed by atoms with Gasteiger partial charge in [-0.3, -0.25) is 0 Å². The zero-order chi connectivity index (χ0) is 18.7. The zero-order valence-corrected chi connectivity index (χ0v) is 14.1. The number of halogens is 1. The molecule has 0 atom stereocenters. The lowest BCUT2D eigenvalue weighted by Gasteiger charge is -2.09. The Hall–Kier alpha value is -3.19. The summed E-state index contributed by atoms with van der Waals surface area (Å²) in [7, 11) is 0. The molecule has 0 bridgehead atoms. The van der Waals surface area contributed by atoms with E-state index in [1.165, 1.54) is 36.2 Å². The van der Waals surface area contributed by atoms with Crippen molar-refractivity contribution in [3.8, 4) is 22.6 Å². The van der Waals surface area contributed by atoms with Gasteiger partial charge < -0.3 is 20.0 Å². The van der Waals surface area contributed by atoms with Crippen LogP contribution in [0.2, 0.25) is 0 Å². The minimum Gasteiger partial charge on any atom is -0.507 e. The van der Waals surface area contributed by atoms with E-state index in [1.807, 2.05) is 24.3 Å². The highest BCUT2D eigenvalue weighted by molar-refractivity contribution is 8.00. The number of aromatic hydroxyl groups is 2. The van der Waals surface area contributed by atoms with Gasteiger partial charge in [-0.25, -0.2) is 9.18 Å². The summed E-state index contributed by atoms with van der Waals surface area (Å²) in [5, 5.41) is 27.9. The van der Waals surface area contributed by atoms with Gasteiger partial charge in [0, 0.05) is 16.6 Å². The average molecular weight is 371 g/mol. The van der Waals surface area contributed by atoms with Crippen LogP contribution in [0.5, 0.6) is 11.5 Å². The summed E-state index contributed by atoms with van der Waals surface area (Å²) in [6.45, 7) is 0. The van der Waals surface area contributed by atoms with Gasteiger partial charge in [0.05, 0.1) is 0 Å². The molecular weight excluding hydrogens is 357 g/mol. The predicted octanol–water partition coefficient (Wildman–Crippen LogP) is 4.72. The summed E-state index contributed by atoms with van der Waals surface area (Å²) >= 11 is 1.26. The molecule has 0 saturated carbocycles. The number of benzene rings is 3. The molecule has 0 fully saturated rings. The van der Waals surface area contributed by atoms with Crippen LogP contribution in [-0.4, -0.2) is 21.3 Å². The van der Waals surface area contributed by atoms with Crippen molar-refractivity contribution in [1.29, 1.82) is 0 Å². The first-order valence-electron chi connectivity index (χ1n) is 7.52. The van der Waals surface area contributed by atoms with Gasteiger partial charge in [0.1, 0.15) is 11.3 Å². The van der Waals surface area contributed by atoms with Crippen LogP contribution >= 0.6 is 11.9 Å². The second-order valence-corrected chi connectivity index (χ2v) is 6.31. The largest absolute Gasteiger partial charge is 0.507 e. The predicted molar refractivity (Wildman–Crippen MR) is 98.0 cm³/mol. The lowest BCUT2D eigenvalue weighted by atomic mass is 10.1. The number of aromatic carboxylic acids is 1. The van der Waals surface area contributed by atoms with Gasteiger partial charge >= 0.3 is 5.97 Å². The monoisotopic (exact) mass is 371 g/mol. The third-order valence-corrected chi connectivity index (χ3v) is 4.46. The molecule has 0 unspecified atom stereocenters. The summed E-state index contributed by atoms with van der Waals surface area (Å²) < 4.78 is 16.5. The molecule has 0 amide bonds. The van der Waals surface area contributed by atoms with E-state index in [2.05, 4.69) is 4.72 Å². The van der Waals surface area contributed by atoms with Crippen LogP contribution in [0.4, 0.5) is 10.1 Å². The molecule has 0 saturated heterocycles. The van der Waals surface area contributed by atoms with Crippen molar-refractivity contribution >= 4 is 23.6 Å². The van der Waals surface area contributed by atoms with Crippen LogP contribution in [0.3, 0.4) is 0 Å². The van der Waals surface area contributed by atoms with Crippen LogP contribution in [0.25, 0.3) is 11.1 Å². The van der Waals surface area contributed by atoms with Gasteiger partial charge in [0.25, 0.3) is 0 Å². The Bertz CT molecular complexity index is 978. The van der Waals surface area contributed by atoms with Crippen molar-refractivity contribution in [1.82, 2.24) is 0 Å². The molecule has 0 aliphatic rings. The van der Waals surface area contributed by atoms with Crippen LogP contribution in [0, 0.1) is 5.82 Å². The Labute approximate surface area is 152 Å². The molecule has 26 heavy (non-hydrogen) atoms. The Kier molecular flexibility index (Phi) is 4.99. The molecule has 4 N–H and O–H groups in total. The highest BCUT2D eigenvalue weighted by atomic mass is 32.2. The SMILES string of the molecule is O=C(O)c1ccc(NSc2cccc(-c3ccc(O)c(F)c3)c2)cc1O. The average Bonchev–Trinajstić information content (AvgIpc) is 2.62. The number of hydrogen-bond donors (Lipinski definition) is 4. The molecular formula is C19H14FNO4S. The first-order valence-corrected chi connectivity index (χ1v) is 8.34. The van der Waals surface area contributed by atoms with E-state index < -0.39 is 17.5 Å². The number of anilines is 1. The minimum absolute atomic E-state index is 0.170. The fraction of sp³-hybridized carbons (Fsp3) is 0. The molecule has 0 aliphatic carbocycles. The summed E-state index contributed by atoms with van der Waals surface area (Å²) in [5.74, 6) is -2.61. The number of carboxylic acids is 1. The van der Waals surface area contributed by atoms with Gasteiger partial charge in [-0.2, -0.15) is 0 Å². The quantitative estimate of drug-likeness (QED) is 0.485. The number of phenolic OH excluding ortho intramolecular Hbond substituents is 1. The fourth-order valence-electron chi connectivity index (χ4n) is 2.32. The number of carbonyl (C=O) groups is 1. The Morgan fingerprint density at radius 3 is 2.38 bits per heavy atom. The van der Waals surface area contributed by atoms with Crippen molar-refractivity contribution < 1.29 is 24.5 Å². The van der Waals surface area contributed by atoms with Gasteiger partial charge in [-0.1, -0.05) is 18.2 Å². The third-order valence-electron chi connectivity index (χ3n) is 3.63.